The van der Waals surface area contributed by atoms with Gasteiger partial charge in [-0.2, -0.15) is 0 Å². The number of aliphatic hydroxyl groups excluding tert-OH is 1. The maximum absolute atomic E-state index is 13.2. The SMILES string of the molecule is Fc1ccc([C@@H]2CCNC[C@H]2COc2ccc3c(c2)OCO3)cc1.O=C(O)C(O)c1ccccc1. The van der Waals surface area contributed by atoms with Crippen molar-refractivity contribution in [2.75, 3.05) is 26.5 Å². The van der Waals surface area contributed by atoms with Crippen molar-refractivity contribution >= 4 is 5.97 Å². The Morgan fingerprint density at radius 2 is 1.80 bits per heavy atom. The number of nitrogens with one attached hydrogen (secondary N) is 1. The minimum atomic E-state index is -1.41. The van der Waals surface area contributed by atoms with Crippen LogP contribution in [0.15, 0.2) is 72.8 Å². The van der Waals surface area contributed by atoms with Gasteiger partial charge in [-0.15, -0.1) is 0 Å². The van der Waals surface area contributed by atoms with Crippen molar-refractivity contribution in [1.29, 1.82) is 0 Å². The van der Waals surface area contributed by atoms with Gasteiger partial charge in [0.2, 0.25) is 6.79 Å². The molecule has 5 rings (SSSR count). The summed E-state index contributed by atoms with van der Waals surface area (Å²) in [6.45, 7) is 2.74. The number of aliphatic carboxylic acids is 1. The first kappa shape index (κ1) is 24.5. The van der Waals surface area contributed by atoms with Crippen LogP contribution < -0.4 is 19.5 Å². The Morgan fingerprint density at radius 1 is 1.06 bits per heavy atom. The normalized spacial score (nSPS) is 19.3. The lowest BCUT2D eigenvalue weighted by Gasteiger charge is -2.32. The number of ether oxygens (including phenoxy) is 3. The highest BCUT2D eigenvalue weighted by molar-refractivity contribution is 5.73. The van der Waals surface area contributed by atoms with E-state index in [9.17, 15) is 9.18 Å². The summed E-state index contributed by atoms with van der Waals surface area (Å²) in [7, 11) is 0. The third-order valence-corrected chi connectivity index (χ3v) is 6.06. The summed E-state index contributed by atoms with van der Waals surface area (Å²) in [5, 5.41) is 20.8. The predicted molar refractivity (Wildman–Crippen MR) is 127 cm³/mol. The van der Waals surface area contributed by atoms with E-state index in [1.54, 1.807) is 30.3 Å². The van der Waals surface area contributed by atoms with Crippen LogP contribution in [0.2, 0.25) is 0 Å². The third-order valence-electron chi connectivity index (χ3n) is 6.06. The number of carboxylic acids is 1. The van der Waals surface area contributed by atoms with Gasteiger partial charge in [-0.1, -0.05) is 42.5 Å². The van der Waals surface area contributed by atoms with Crippen molar-refractivity contribution in [1.82, 2.24) is 5.32 Å². The number of carboxylic acid groups (broad SMARTS) is 1. The van der Waals surface area contributed by atoms with Gasteiger partial charge in [0.15, 0.2) is 17.6 Å². The molecule has 3 N–H and O–H groups in total. The van der Waals surface area contributed by atoms with Crippen molar-refractivity contribution in [3.63, 3.8) is 0 Å². The molecular weight excluding hydrogens is 453 g/mol. The molecule has 0 amide bonds. The van der Waals surface area contributed by atoms with E-state index in [0.29, 0.717) is 24.0 Å². The number of hydrogen-bond acceptors (Lipinski definition) is 6. The van der Waals surface area contributed by atoms with Gasteiger partial charge in [0, 0.05) is 18.5 Å². The van der Waals surface area contributed by atoms with Crippen molar-refractivity contribution in [2.45, 2.75) is 18.4 Å². The zero-order valence-corrected chi connectivity index (χ0v) is 19.1. The minimum absolute atomic E-state index is 0.194. The molecule has 3 aromatic carbocycles. The van der Waals surface area contributed by atoms with E-state index in [-0.39, 0.29) is 12.6 Å². The predicted octanol–water partition coefficient (Wildman–Crippen LogP) is 4.13. The Kier molecular flexibility index (Phi) is 8.18. The van der Waals surface area contributed by atoms with E-state index in [1.165, 1.54) is 17.7 Å². The van der Waals surface area contributed by atoms with Crippen molar-refractivity contribution in [2.24, 2.45) is 5.92 Å². The van der Waals surface area contributed by atoms with Crippen LogP contribution in [0.1, 0.15) is 29.6 Å². The lowest BCUT2D eigenvalue weighted by molar-refractivity contribution is -0.146. The molecule has 1 saturated heterocycles. The molecule has 0 spiro atoms. The summed E-state index contributed by atoms with van der Waals surface area (Å²) in [5.74, 6) is 1.56. The molecule has 2 aliphatic heterocycles. The van der Waals surface area contributed by atoms with Gasteiger partial charge in [0.05, 0.1) is 6.61 Å². The van der Waals surface area contributed by atoms with Crippen LogP contribution in [-0.2, 0) is 4.79 Å². The zero-order chi connectivity index (χ0) is 24.6. The summed E-state index contributed by atoms with van der Waals surface area (Å²) in [6.07, 6.45) is -0.378. The van der Waals surface area contributed by atoms with Crippen LogP contribution in [0.4, 0.5) is 4.39 Å². The number of carbonyl (C=O) groups is 1. The average molecular weight is 482 g/mol. The maximum atomic E-state index is 13.2. The lowest BCUT2D eigenvalue weighted by atomic mass is 9.81. The van der Waals surface area contributed by atoms with Crippen LogP contribution in [0.25, 0.3) is 0 Å². The van der Waals surface area contributed by atoms with E-state index in [4.69, 9.17) is 24.4 Å². The quantitative estimate of drug-likeness (QED) is 0.487. The lowest BCUT2D eigenvalue weighted by Crippen LogP contribution is -2.38. The van der Waals surface area contributed by atoms with Crippen LogP contribution in [-0.4, -0.2) is 42.7 Å². The molecule has 0 bridgehead atoms. The largest absolute Gasteiger partial charge is 0.493 e. The summed E-state index contributed by atoms with van der Waals surface area (Å²) < 4.78 is 29.9. The first-order valence-corrected chi connectivity index (χ1v) is 11.5. The van der Waals surface area contributed by atoms with Crippen LogP contribution in [0.3, 0.4) is 0 Å². The van der Waals surface area contributed by atoms with E-state index >= 15 is 0 Å². The number of benzene rings is 3. The number of piperidine rings is 1. The average Bonchev–Trinajstić information content (AvgIpc) is 3.37. The van der Waals surface area contributed by atoms with E-state index < -0.39 is 12.1 Å². The highest BCUT2D eigenvalue weighted by Gasteiger charge is 2.27. The third kappa shape index (κ3) is 6.49. The molecule has 184 valence electrons. The number of aliphatic hydroxyl groups is 1. The smallest absolute Gasteiger partial charge is 0.337 e. The molecule has 3 aromatic rings. The van der Waals surface area contributed by atoms with Gasteiger partial charge < -0.3 is 29.7 Å². The van der Waals surface area contributed by atoms with Gasteiger partial charge in [-0.25, -0.2) is 9.18 Å². The second-order valence-corrected chi connectivity index (χ2v) is 8.39. The Labute approximate surface area is 203 Å². The number of halogens is 1. The Bertz CT molecular complexity index is 1110. The summed E-state index contributed by atoms with van der Waals surface area (Å²) in [4.78, 5) is 10.2. The van der Waals surface area contributed by atoms with Crippen LogP contribution in [0.5, 0.6) is 17.2 Å². The number of fused-ring (bicyclic) bond motifs is 1. The van der Waals surface area contributed by atoms with E-state index in [1.807, 2.05) is 30.3 Å². The molecule has 0 aromatic heterocycles. The fourth-order valence-electron chi connectivity index (χ4n) is 4.19. The van der Waals surface area contributed by atoms with E-state index in [2.05, 4.69) is 5.32 Å². The number of hydrogen-bond donors (Lipinski definition) is 3. The van der Waals surface area contributed by atoms with Crippen LogP contribution in [0, 0.1) is 11.7 Å². The van der Waals surface area contributed by atoms with Gasteiger partial charge in [0.25, 0.3) is 0 Å². The highest BCUT2D eigenvalue weighted by Crippen LogP contribution is 2.36. The molecule has 8 heteroatoms. The molecule has 0 aliphatic carbocycles. The minimum Gasteiger partial charge on any atom is -0.493 e. The molecule has 3 atom stereocenters. The van der Waals surface area contributed by atoms with Crippen molar-refractivity contribution in [3.8, 4) is 17.2 Å². The first-order valence-electron chi connectivity index (χ1n) is 11.5. The molecule has 2 aliphatic rings. The second-order valence-electron chi connectivity index (χ2n) is 8.39. The molecule has 35 heavy (non-hydrogen) atoms. The molecule has 0 radical (unpaired) electrons. The number of rotatable bonds is 6. The van der Waals surface area contributed by atoms with Crippen molar-refractivity contribution in [3.05, 3.63) is 89.7 Å². The van der Waals surface area contributed by atoms with Gasteiger partial charge >= 0.3 is 5.97 Å². The fraction of sp³-hybridized carbons (Fsp3) is 0.296. The Hall–Kier alpha value is -3.62. The summed E-state index contributed by atoms with van der Waals surface area (Å²) in [5.41, 5.74) is 1.58. The second kappa shape index (κ2) is 11.7. The zero-order valence-electron chi connectivity index (χ0n) is 19.1. The van der Waals surface area contributed by atoms with Crippen LogP contribution >= 0.6 is 0 Å². The van der Waals surface area contributed by atoms with Gasteiger partial charge in [-0.3, -0.25) is 0 Å². The summed E-state index contributed by atoms with van der Waals surface area (Å²) >= 11 is 0. The monoisotopic (exact) mass is 481 g/mol. The molecule has 1 unspecified atom stereocenters. The topological polar surface area (TPSA) is 97.2 Å². The standard InChI is InChI=1S/C19H20FNO3.C8H8O3/c20-15-3-1-13(2-4-15)17-7-8-21-10-14(17)11-22-16-5-6-18-19(9-16)24-12-23-18;9-7(8(10)11)6-4-2-1-3-5-6/h1-6,9,14,17,21H,7-8,10-12H2;1-5,7,9H,(H,10,11)/t14-,17-;/m0./s1. The molecule has 0 saturated carbocycles. The fourth-order valence-corrected chi connectivity index (χ4v) is 4.19. The Morgan fingerprint density at radius 3 is 2.54 bits per heavy atom. The maximum Gasteiger partial charge on any atom is 0.337 e. The van der Waals surface area contributed by atoms with Crippen molar-refractivity contribution < 1.29 is 33.6 Å². The van der Waals surface area contributed by atoms with Gasteiger partial charge in [0.1, 0.15) is 11.6 Å². The molecular formula is C27H28FNO6. The molecule has 7 nitrogen and oxygen atoms in total. The van der Waals surface area contributed by atoms with E-state index in [0.717, 1.165) is 36.8 Å². The highest BCUT2D eigenvalue weighted by atomic mass is 19.1. The molecule has 2 heterocycles. The van der Waals surface area contributed by atoms with Gasteiger partial charge in [-0.05, 0) is 54.3 Å². The first-order chi connectivity index (χ1) is 17.0. The Balaban J connectivity index is 0.000000221. The molecule has 1 fully saturated rings. The summed E-state index contributed by atoms with van der Waals surface area (Å²) in [6, 6.07) is 20.7.